The molecule has 0 unspecified atom stereocenters. The average Bonchev–Trinajstić information content (AvgIpc) is 3.34. The largest absolute Gasteiger partial charge is 0.337 e. The van der Waals surface area contributed by atoms with E-state index in [9.17, 15) is 9.59 Å². The lowest BCUT2D eigenvalue weighted by Crippen LogP contribution is -2.31. The van der Waals surface area contributed by atoms with Crippen LogP contribution in [-0.4, -0.2) is 35.4 Å². The molecule has 176 valence electrons. The van der Waals surface area contributed by atoms with E-state index in [-0.39, 0.29) is 11.7 Å². The van der Waals surface area contributed by atoms with Gasteiger partial charge in [0.2, 0.25) is 0 Å². The number of nitrogens with zero attached hydrogens (tertiary/aromatic N) is 3. The fourth-order valence-electron chi connectivity index (χ4n) is 3.90. The lowest BCUT2D eigenvalue weighted by atomic mass is 10.1. The number of hydrogen-bond acceptors (Lipinski definition) is 6. The Hall–Kier alpha value is -3.00. The summed E-state index contributed by atoms with van der Waals surface area (Å²) < 4.78 is 0. The third-order valence-corrected chi connectivity index (χ3v) is 8.48. The quantitative estimate of drug-likeness (QED) is 0.275. The zero-order chi connectivity index (χ0) is 24.5. The number of amides is 1. The molecule has 0 N–H and O–H groups in total. The second kappa shape index (κ2) is 9.93. The van der Waals surface area contributed by atoms with Crippen LogP contribution in [-0.2, 0) is 11.2 Å². The van der Waals surface area contributed by atoms with Crippen molar-refractivity contribution in [3.8, 4) is 0 Å². The van der Waals surface area contributed by atoms with Gasteiger partial charge in [-0.25, -0.2) is 4.99 Å². The number of halogens is 1. The molecule has 5 rings (SSSR count). The number of fused-ring (bicyclic) bond motifs is 1. The van der Waals surface area contributed by atoms with Gasteiger partial charge >= 0.3 is 0 Å². The molecule has 1 fully saturated rings. The minimum Gasteiger partial charge on any atom is -0.337 e. The third-order valence-electron chi connectivity index (χ3n) is 5.82. The predicted molar refractivity (Wildman–Crippen MR) is 146 cm³/mol. The Kier molecular flexibility index (Phi) is 6.73. The first-order valence-corrected chi connectivity index (χ1v) is 13.1. The van der Waals surface area contributed by atoms with E-state index < -0.39 is 0 Å². The molecule has 0 spiro atoms. The van der Waals surface area contributed by atoms with Crippen LogP contribution in [0.1, 0.15) is 22.8 Å². The van der Waals surface area contributed by atoms with Gasteiger partial charge in [-0.3, -0.25) is 14.5 Å². The average molecular weight is 520 g/mol. The van der Waals surface area contributed by atoms with Crippen LogP contribution >= 0.6 is 35.1 Å². The Balaban J connectivity index is 1.49. The van der Waals surface area contributed by atoms with Gasteiger partial charge in [-0.2, -0.15) is 0 Å². The first-order valence-electron chi connectivity index (χ1n) is 11.1. The normalized spacial score (nSPS) is 18.5. The van der Waals surface area contributed by atoms with Crippen LogP contribution in [0.2, 0.25) is 5.02 Å². The summed E-state index contributed by atoms with van der Waals surface area (Å²) in [5, 5.41) is 2.17. The number of Topliss-reactive ketones (excluding diaryl/α,β-unsaturated/α-hetero) is 1. The zero-order valence-electron chi connectivity index (χ0n) is 19.2. The molecular formula is C27H22ClN3O2S2. The molecule has 0 bridgehead atoms. The number of carbonyl (C=O) groups is 2. The Bertz CT molecular complexity index is 1370. The highest BCUT2D eigenvalue weighted by atomic mass is 35.5. The van der Waals surface area contributed by atoms with Crippen LogP contribution < -0.4 is 4.90 Å². The van der Waals surface area contributed by atoms with E-state index in [1.165, 1.54) is 18.7 Å². The number of carbonyl (C=O) groups excluding carboxylic acids is 2. The number of hydrogen-bond donors (Lipinski definition) is 0. The fraction of sp³-hybridized carbons (Fsp3) is 0.148. The number of rotatable bonds is 5. The van der Waals surface area contributed by atoms with Crippen LogP contribution in [0.4, 0.5) is 11.4 Å². The van der Waals surface area contributed by atoms with Crippen molar-refractivity contribution in [3.63, 3.8) is 0 Å². The van der Waals surface area contributed by atoms with Crippen molar-refractivity contribution in [2.75, 3.05) is 18.5 Å². The summed E-state index contributed by atoms with van der Waals surface area (Å²) >= 11 is 9.18. The number of amidine groups is 1. The SMILES string of the molecule is CC(=O)c1ccc(N=C2SC(=C3Sc4ccc(Cl)cc4N3C)C(=O)N2CCc2ccccc2)cc1. The summed E-state index contributed by atoms with van der Waals surface area (Å²) in [6.07, 6.45) is 0.719. The lowest BCUT2D eigenvalue weighted by Gasteiger charge is -2.17. The topological polar surface area (TPSA) is 53.0 Å². The predicted octanol–water partition coefficient (Wildman–Crippen LogP) is 6.76. The summed E-state index contributed by atoms with van der Waals surface area (Å²) in [5.74, 6) is -0.0506. The maximum absolute atomic E-state index is 13.7. The van der Waals surface area contributed by atoms with E-state index >= 15 is 0 Å². The summed E-state index contributed by atoms with van der Waals surface area (Å²) in [7, 11) is 1.95. The van der Waals surface area contributed by atoms with Crippen molar-refractivity contribution in [1.29, 1.82) is 0 Å². The van der Waals surface area contributed by atoms with Gasteiger partial charge in [-0.05, 0) is 73.1 Å². The van der Waals surface area contributed by atoms with Crippen molar-refractivity contribution >= 4 is 63.4 Å². The number of aliphatic imine (C=N–C) groups is 1. The van der Waals surface area contributed by atoms with Gasteiger partial charge in [0.1, 0.15) is 4.91 Å². The van der Waals surface area contributed by atoms with E-state index in [4.69, 9.17) is 16.6 Å². The molecular weight excluding hydrogens is 498 g/mol. The minimum atomic E-state index is -0.0571. The van der Waals surface area contributed by atoms with Crippen LogP contribution in [0.5, 0.6) is 0 Å². The smallest absolute Gasteiger partial charge is 0.269 e. The summed E-state index contributed by atoms with van der Waals surface area (Å²) in [6, 6.07) is 23.0. The molecule has 3 aromatic rings. The number of benzene rings is 3. The zero-order valence-corrected chi connectivity index (χ0v) is 21.6. The summed E-state index contributed by atoms with van der Waals surface area (Å²) in [5.41, 5.74) is 3.47. The first kappa shape index (κ1) is 23.7. The van der Waals surface area contributed by atoms with E-state index in [0.717, 1.165) is 27.6 Å². The van der Waals surface area contributed by atoms with Crippen LogP contribution in [0.15, 0.2) is 92.6 Å². The van der Waals surface area contributed by atoms with Gasteiger partial charge in [0.25, 0.3) is 5.91 Å². The van der Waals surface area contributed by atoms with Gasteiger partial charge in [-0.15, -0.1) is 0 Å². The second-order valence-corrected chi connectivity index (χ2v) is 10.6. The van der Waals surface area contributed by atoms with Gasteiger partial charge in [0.15, 0.2) is 11.0 Å². The molecule has 0 aromatic heterocycles. The van der Waals surface area contributed by atoms with Gasteiger partial charge < -0.3 is 4.90 Å². The molecule has 35 heavy (non-hydrogen) atoms. The highest BCUT2D eigenvalue weighted by Gasteiger charge is 2.39. The van der Waals surface area contributed by atoms with Gasteiger partial charge in [-0.1, -0.05) is 53.7 Å². The number of thioether (sulfide) groups is 2. The molecule has 5 nitrogen and oxygen atoms in total. The van der Waals surface area contributed by atoms with E-state index in [1.807, 2.05) is 60.5 Å². The summed E-state index contributed by atoms with van der Waals surface area (Å²) in [4.78, 5) is 35.6. The van der Waals surface area contributed by atoms with Crippen molar-refractivity contribution in [3.05, 3.63) is 98.9 Å². The molecule has 3 aromatic carbocycles. The van der Waals surface area contributed by atoms with Crippen LogP contribution in [0.25, 0.3) is 0 Å². The van der Waals surface area contributed by atoms with Crippen LogP contribution in [0, 0.1) is 0 Å². The Morgan fingerprint density at radius 2 is 1.74 bits per heavy atom. The Morgan fingerprint density at radius 1 is 1.00 bits per heavy atom. The molecule has 8 heteroatoms. The number of anilines is 1. The fourth-order valence-corrected chi connectivity index (χ4v) is 6.42. The maximum Gasteiger partial charge on any atom is 0.269 e. The maximum atomic E-state index is 13.7. The standard InChI is InChI=1S/C27H22ClN3O2S2/c1-17(32)19-8-11-21(12-9-19)29-27-31(15-14-18-6-4-3-5-7-18)25(33)24(35-27)26-30(2)22-16-20(28)10-13-23(22)34-26/h3-13,16H,14-15H2,1-2H3. The Morgan fingerprint density at radius 3 is 2.46 bits per heavy atom. The summed E-state index contributed by atoms with van der Waals surface area (Å²) in [6.45, 7) is 2.06. The molecule has 2 aliphatic rings. The highest BCUT2D eigenvalue weighted by molar-refractivity contribution is 8.19. The minimum absolute atomic E-state index is 0.00657. The molecule has 0 radical (unpaired) electrons. The van der Waals surface area contributed by atoms with Crippen molar-refractivity contribution in [2.45, 2.75) is 18.2 Å². The monoisotopic (exact) mass is 519 g/mol. The van der Waals surface area contributed by atoms with Crippen molar-refractivity contribution < 1.29 is 9.59 Å². The molecule has 1 saturated heterocycles. The highest BCUT2D eigenvalue weighted by Crippen LogP contribution is 2.50. The van der Waals surface area contributed by atoms with E-state index in [1.54, 1.807) is 28.8 Å². The molecule has 0 aliphatic carbocycles. The van der Waals surface area contributed by atoms with Crippen molar-refractivity contribution in [1.82, 2.24) is 4.90 Å². The number of ketones is 1. The molecule has 2 heterocycles. The third kappa shape index (κ3) is 4.89. The van der Waals surface area contributed by atoms with Crippen molar-refractivity contribution in [2.24, 2.45) is 4.99 Å². The first-order chi connectivity index (χ1) is 16.9. The van der Waals surface area contributed by atoms with Gasteiger partial charge in [0, 0.05) is 29.1 Å². The lowest BCUT2D eigenvalue weighted by molar-refractivity contribution is -0.122. The Labute approximate surface area is 217 Å². The van der Waals surface area contributed by atoms with Crippen LogP contribution in [0.3, 0.4) is 0 Å². The molecule has 1 amide bonds. The molecule has 2 aliphatic heterocycles. The van der Waals surface area contributed by atoms with Gasteiger partial charge in [0.05, 0.1) is 16.4 Å². The molecule has 0 atom stereocenters. The van der Waals surface area contributed by atoms with E-state index in [0.29, 0.717) is 32.9 Å². The second-order valence-electron chi connectivity index (χ2n) is 8.20. The molecule has 0 saturated carbocycles. The van der Waals surface area contributed by atoms with E-state index in [2.05, 4.69) is 12.1 Å².